The maximum atomic E-state index is 4.43. The number of rotatable bonds is 3. The van der Waals surface area contributed by atoms with Crippen LogP contribution in [0.4, 0.5) is 0 Å². The van der Waals surface area contributed by atoms with Gasteiger partial charge in [-0.15, -0.1) is 0 Å². The molecule has 14 heavy (non-hydrogen) atoms. The number of nitrogens with zero attached hydrogens (tertiary/aromatic N) is 1. The summed E-state index contributed by atoms with van der Waals surface area (Å²) in [6, 6.07) is 4.19. The minimum absolute atomic E-state index is 0.501. The highest BCUT2D eigenvalue weighted by atomic mass is 79.9. The maximum absolute atomic E-state index is 4.43. The Labute approximate surface area is 102 Å². The zero-order valence-corrected chi connectivity index (χ0v) is 11.1. The average Bonchev–Trinajstić information content (AvgIpc) is 2.15. The van der Waals surface area contributed by atoms with E-state index >= 15 is 0 Å². The third-order valence-electron chi connectivity index (χ3n) is 3.04. The Morgan fingerprint density at radius 2 is 2.14 bits per heavy atom. The predicted octanol–water partition coefficient (Wildman–Crippen LogP) is 3.95. The molecule has 1 heterocycles. The van der Waals surface area contributed by atoms with E-state index in [0.717, 1.165) is 16.2 Å². The van der Waals surface area contributed by atoms with Crippen LogP contribution in [-0.2, 0) is 6.42 Å². The molecule has 0 radical (unpaired) electrons. The molecule has 76 valence electrons. The van der Waals surface area contributed by atoms with Gasteiger partial charge in [0.1, 0.15) is 0 Å². The number of hydrogen-bond donors (Lipinski definition) is 0. The van der Waals surface area contributed by atoms with Crippen LogP contribution in [0.15, 0.2) is 22.8 Å². The van der Waals surface area contributed by atoms with Gasteiger partial charge in [0.25, 0.3) is 0 Å². The quantitative estimate of drug-likeness (QED) is 0.769. The van der Waals surface area contributed by atoms with Gasteiger partial charge in [0.15, 0.2) is 0 Å². The van der Waals surface area contributed by atoms with E-state index in [0.29, 0.717) is 5.41 Å². The van der Waals surface area contributed by atoms with Gasteiger partial charge in [0.2, 0.25) is 0 Å². The van der Waals surface area contributed by atoms with Crippen molar-refractivity contribution in [2.24, 2.45) is 5.41 Å². The first-order valence-electron chi connectivity index (χ1n) is 4.91. The van der Waals surface area contributed by atoms with E-state index in [1.165, 1.54) is 25.0 Å². The third kappa shape index (κ3) is 2.19. The molecule has 0 spiro atoms. The van der Waals surface area contributed by atoms with Gasteiger partial charge in [-0.25, -0.2) is 0 Å². The summed E-state index contributed by atoms with van der Waals surface area (Å²) in [7, 11) is 0. The Bertz CT molecular complexity index is 298. The van der Waals surface area contributed by atoms with E-state index in [1.807, 2.05) is 6.20 Å². The number of hydrogen-bond acceptors (Lipinski definition) is 1. The molecule has 1 aliphatic rings. The van der Waals surface area contributed by atoms with Crippen LogP contribution in [0.25, 0.3) is 0 Å². The molecule has 1 aliphatic carbocycles. The highest BCUT2D eigenvalue weighted by Gasteiger charge is 2.36. The highest BCUT2D eigenvalue weighted by Crippen LogP contribution is 2.44. The van der Waals surface area contributed by atoms with Gasteiger partial charge in [-0.2, -0.15) is 0 Å². The van der Waals surface area contributed by atoms with E-state index in [-0.39, 0.29) is 0 Å². The van der Waals surface area contributed by atoms with Gasteiger partial charge in [0, 0.05) is 21.7 Å². The molecule has 1 fully saturated rings. The molecule has 0 saturated heterocycles. The first kappa shape index (κ1) is 10.6. The van der Waals surface area contributed by atoms with Crippen molar-refractivity contribution in [3.8, 4) is 0 Å². The van der Waals surface area contributed by atoms with Crippen LogP contribution < -0.4 is 0 Å². The molecular weight excluding hydrogens is 306 g/mol. The summed E-state index contributed by atoms with van der Waals surface area (Å²) in [4.78, 5) is 4.43. The van der Waals surface area contributed by atoms with Crippen LogP contribution in [0, 0.1) is 5.41 Å². The fourth-order valence-electron chi connectivity index (χ4n) is 1.93. The standard InChI is InChI=1S/C11H13Br2N/c12-8-11(4-1-5-11)6-10-3-2-9(13)7-14-10/h2-3,7H,1,4-6,8H2. The Hall–Kier alpha value is 0.110. The summed E-state index contributed by atoms with van der Waals surface area (Å²) in [5.74, 6) is 0. The van der Waals surface area contributed by atoms with Crippen LogP contribution in [0.2, 0.25) is 0 Å². The van der Waals surface area contributed by atoms with Gasteiger partial charge >= 0.3 is 0 Å². The molecule has 0 amide bonds. The number of alkyl halides is 1. The van der Waals surface area contributed by atoms with Crippen molar-refractivity contribution in [2.45, 2.75) is 25.7 Å². The zero-order valence-electron chi connectivity index (χ0n) is 7.97. The predicted molar refractivity (Wildman–Crippen MR) is 65.7 cm³/mol. The third-order valence-corrected chi connectivity index (χ3v) is 4.70. The molecule has 0 unspecified atom stereocenters. The van der Waals surface area contributed by atoms with Crippen molar-refractivity contribution in [1.82, 2.24) is 4.98 Å². The van der Waals surface area contributed by atoms with E-state index < -0.39 is 0 Å². The highest BCUT2D eigenvalue weighted by molar-refractivity contribution is 9.10. The monoisotopic (exact) mass is 317 g/mol. The fraction of sp³-hybridized carbons (Fsp3) is 0.545. The summed E-state index contributed by atoms with van der Waals surface area (Å²) in [5.41, 5.74) is 1.72. The molecule has 1 aromatic rings. The minimum atomic E-state index is 0.501. The normalized spacial score (nSPS) is 19.0. The first-order valence-corrected chi connectivity index (χ1v) is 6.82. The van der Waals surface area contributed by atoms with Crippen molar-refractivity contribution in [3.05, 3.63) is 28.5 Å². The van der Waals surface area contributed by atoms with Gasteiger partial charge in [-0.3, -0.25) is 4.98 Å². The lowest BCUT2D eigenvalue weighted by Crippen LogP contribution is -2.33. The molecule has 1 saturated carbocycles. The van der Waals surface area contributed by atoms with Crippen LogP contribution in [-0.4, -0.2) is 10.3 Å². The molecule has 3 heteroatoms. The molecule has 0 atom stereocenters. The molecule has 0 aromatic carbocycles. The van der Waals surface area contributed by atoms with Crippen LogP contribution >= 0.6 is 31.9 Å². The second-order valence-corrected chi connectivity index (χ2v) is 5.61. The molecule has 0 aliphatic heterocycles. The Kier molecular flexibility index (Phi) is 3.27. The Morgan fingerprint density at radius 1 is 1.36 bits per heavy atom. The number of pyridine rings is 1. The summed E-state index contributed by atoms with van der Waals surface area (Å²) >= 11 is 7.02. The van der Waals surface area contributed by atoms with Crippen molar-refractivity contribution in [2.75, 3.05) is 5.33 Å². The lowest BCUT2D eigenvalue weighted by molar-refractivity contribution is 0.168. The van der Waals surface area contributed by atoms with E-state index in [2.05, 4.69) is 49.0 Å². The minimum Gasteiger partial charge on any atom is -0.260 e. The summed E-state index contributed by atoms with van der Waals surface area (Å²) in [6.45, 7) is 0. The molecular formula is C11H13Br2N. The molecule has 2 rings (SSSR count). The van der Waals surface area contributed by atoms with Gasteiger partial charge in [0.05, 0.1) is 0 Å². The van der Waals surface area contributed by atoms with Crippen LogP contribution in [0.3, 0.4) is 0 Å². The second-order valence-electron chi connectivity index (χ2n) is 4.13. The molecule has 0 N–H and O–H groups in total. The Balaban J connectivity index is 2.06. The SMILES string of the molecule is BrCC1(Cc2ccc(Br)cn2)CCC1. The lowest BCUT2D eigenvalue weighted by Gasteiger charge is -2.40. The van der Waals surface area contributed by atoms with Crippen molar-refractivity contribution >= 4 is 31.9 Å². The average molecular weight is 319 g/mol. The van der Waals surface area contributed by atoms with Crippen LogP contribution in [0.5, 0.6) is 0 Å². The maximum Gasteiger partial charge on any atom is 0.0413 e. The topological polar surface area (TPSA) is 12.9 Å². The second kappa shape index (κ2) is 4.31. The smallest absolute Gasteiger partial charge is 0.0413 e. The molecule has 0 bridgehead atoms. The van der Waals surface area contributed by atoms with Gasteiger partial charge < -0.3 is 0 Å². The zero-order chi connectivity index (χ0) is 10.0. The number of aromatic nitrogens is 1. The van der Waals surface area contributed by atoms with Crippen molar-refractivity contribution in [1.29, 1.82) is 0 Å². The summed E-state index contributed by atoms with van der Waals surface area (Å²) in [6.07, 6.45) is 7.07. The first-order chi connectivity index (χ1) is 6.74. The van der Waals surface area contributed by atoms with Crippen molar-refractivity contribution < 1.29 is 0 Å². The van der Waals surface area contributed by atoms with Gasteiger partial charge in [-0.1, -0.05) is 22.4 Å². The van der Waals surface area contributed by atoms with E-state index in [9.17, 15) is 0 Å². The summed E-state index contributed by atoms with van der Waals surface area (Å²) in [5, 5.41) is 1.11. The van der Waals surface area contributed by atoms with E-state index in [4.69, 9.17) is 0 Å². The largest absolute Gasteiger partial charge is 0.260 e. The fourth-order valence-corrected chi connectivity index (χ4v) is 2.92. The van der Waals surface area contributed by atoms with Gasteiger partial charge in [-0.05, 0) is 52.7 Å². The molecule has 1 nitrogen and oxygen atoms in total. The molecule has 1 aromatic heterocycles. The van der Waals surface area contributed by atoms with E-state index in [1.54, 1.807) is 0 Å². The number of halogens is 2. The van der Waals surface area contributed by atoms with Crippen LogP contribution in [0.1, 0.15) is 25.0 Å². The van der Waals surface area contributed by atoms with Crippen molar-refractivity contribution in [3.63, 3.8) is 0 Å². The Morgan fingerprint density at radius 3 is 2.57 bits per heavy atom. The summed E-state index contributed by atoms with van der Waals surface area (Å²) < 4.78 is 1.06. The lowest BCUT2D eigenvalue weighted by atomic mass is 9.67.